The van der Waals surface area contributed by atoms with E-state index in [4.69, 9.17) is 0 Å². The van der Waals surface area contributed by atoms with Crippen LogP contribution < -0.4 is 0 Å². The van der Waals surface area contributed by atoms with E-state index in [0.717, 1.165) is 27.8 Å². The summed E-state index contributed by atoms with van der Waals surface area (Å²) in [4.78, 5) is 17.4. The van der Waals surface area contributed by atoms with Crippen molar-refractivity contribution in [3.05, 3.63) is 15.6 Å². The molecule has 0 spiro atoms. The van der Waals surface area contributed by atoms with Crippen molar-refractivity contribution < 1.29 is 4.79 Å². The highest BCUT2D eigenvalue weighted by molar-refractivity contribution is 7.97. The molecule has 82 valence electrons. The molecule has 2 nitrogen and oxygen atoms in total. The number of Topliss-reactive ketones (excluding diaryl/α,β-unsaturated/α-hetero) is 1. The van der Waals surface area contributed by atoms with Crippen LogP contribution in [0.3, 0.4) is 0 Å². The number of fused-ring (bicyclic) bond motifs is 1. The van der Waals surface area contributed by atoms with Gasteiger partial charge in [0.05, 0.1) is 10.6 Å². The monoisotopic (exact) mass is 241 g/mol. The van der Waals surface area contributed by atoms with E-state index in [2.05, 4.69) is 25.1 Å². The first-order valence-corrected chi connectivity index (χ1v) is 7.23. The van der Waals surface area contributed by atoms with Gasteiger partial charge in [-0.2, -0.15) is 11.8 Å². The van der Waals surface area contributed by atoms with Gasteiger partial charge in [-0.25, -0.2) is 4.98 Å². The summed E-state index contributed by atoms with van der Waals surface area (Å²) in [5, 5.41) is 1.10. The Balaban J connectivity index is 2.34. The zero-order valence-corrected chi connectivity index (χ0v) is 10.9. The molecule has 0 saturated heterocycles. The third kappa shape index (κ3) is 2.26. The molecule has 2 rings (SSSR count). The van der Waals surface area contributed by atoms with E-state index in [1.54, 1.807) is 23.1 Å². The van der Waals surface area contributed by atoms with Gasteiger partial charge in [-0.05, 0) is 18.1 Å². The maximum absolute atomic E-state index is 11.9. The first-order chi connectivity index (χ1) is 7.02. The third-order valence-corrected chi connectivity index (χ3v) is 4.43. The van der Waals surface area contributed by atoms with E-state index in [1.165, 1.54) is 0 Å². The maximum atomic E-state index is 11.9. The molecule has 0 unspecified atom stereocenters. The lowest BCUT2D eigenvalue weighted by Gasteiger charge is -2.26. The van der Waals surface area contributed by atoms with Crippen molar-refractivity contribution in [2.24, 2.45) is 5.41 Å². The van der Waals surface area contributed by atoms with Crippen molar-refractivity contribution in [3.8, 4) is 0 Å². The van der Waals surface area contributed by atoms with Crippen molar-refractivity contribution >= 4 is 28.9 Å². The second kappa shape index (κ2) is 3.91. The molecule has 1 heterocycles. The fourth-order valence-corrected chi connectivity index (χ4v) is 3.67. The van der Waals surface area contributed by atoms with Crippen LogP contribution in [-0.2, 0) is 12.2 Å². The highest BCUT2D eigenvalue weighted by atomic mass is 32.2. The van der Waals surface area contributed by atoms with Crippen LogP contribution in [0.25, 0.3) is 0 Å². The molecular weight excluding hydrogens is 226 g/mol. The first kappa shape index (κ1) is 11.1. The minimum Gasteiger partial charge on any atom is -0.293 e. The minimum absolute atomic E-state index is 0.0920. The lowest BCUT2D eigenvalue weighted by Crippen LogP contribution is -2.25. The number of carbonyl (C=O) groups excluding carboxylic acids is 1. The van der Waals surface area contributed by atoms with Crippen molar-refractivity contribution in [2.45, 2.75) is 32.4 Å². The summed E-state index contributed by atoms with van der Waals surface area (Å²) in [6, 6.07) is 0. The molecule has 15 heavy (non-hydrogen) atoms. The number of aromatic nitrogens is 1. The standard InChI is InChI=1S/C11H15NOS2/c1-11(2)4-7-10(8(13)5-11)15-9(12-7)6-14-3/h4-6H2,1-3H3. The molecule has 0 fully saturated rings. The van der Waals surface area contributed by atoms with Crippen molar-refractivity contribution in [1.82, 2.24) is 4.98 Å². The van der Waals surface area contributed by atoms with Crippen LogP contribution in [0.15, 0.2) is 0 Å². The lowest BCUT2D eigenvalue weighted by atomic mass is 9.78. The van der Waals surface area contributed by atoms with Crippen LogP contribution in [-0.4, -0.2) is 17.0 Å². The van der Waals surface area contributed by atoms with Gasteiger partial charge >= 0.3 is 0 Å². The van der Waals surface area contributed by atoms with Gasteiger partial charge in [-0.3, -0.25) is 4.79 Å². The molecule has 4 heteroatoms. The summed E-state index contributed by atoms with van der Waals surface area (Å²) in [5.74, 6) is 1.21. The summed E-state index contributed by atoms with van der Waals surface area (Å²) in [6.45, 7) is 4.28. The number of thioether (sulfide) groups is 1. The zero-order valence-electron chi connectivity index (χ0n) is 9.29. The Labute approximate surface area is 98.5 Å². The van der Waals surface area contributed by atoms with Gasteiger partial charge in [0.15, 0.2) is 5.78 Å². The van der Waals surface area contributed by atoms with Gasteiger partial charge in [0.25, 0.3) is 0 Å². The smallest absolute Gasteiger partial charge is 0.175 e. The molecule has 0 saturated carbocycles. The third-order valence-electron chi connectivity index (χ3n) is 2.55. The van der Waals surface area contributed by atoms with Crippen LogP contribution >= 0.6 is 23.1 Å². The molecule has 1 aliphatic rings. The number of ketones is 1. The van der Waals surface area contributed by atoms with Crippen molar-refractivity contribution in [3.63, 3.8) is 0 Å². The number of hydrogen-bond acceptors (Lipinski definition) is 4. The Morgan fingerprint density at radius 2 is 2.20 bits per heavy atom. The number of hydrogen-bond donors (Lipinski definition) is 0. The van der Waals surface area contributed by atoms with Crippen LogP contribution in [0.4, 0.5) is 0 Å². The van der Waals surface area contributed by atoms with Crippen LogP contribution in [0.2, 0.25) is 0 Å². The second-order valence-corrected chi connectivity index (χ2v) is 6.71. The molecule has 1 aliphatic carbocycles. The Morgan fingerprint density at radius 1 is 1.47 bits per heavy atom. The quantitative estimate of drug-likeness (QED) is 0.796. The molecule has 1 aromatic rings. The number of thiazole rings is 1. The van der Waals surface area contributed by atoms with Crippen LogP contribution in [0.5, 0.6) is 0 Å². The second-order valence-electron chi connectivity index (χ2n) is 4.76. The summed E-state index contributed by atoms with van der Waals surface area (Å²) in [7, 11) is 0. The Kier molecular flexibility index (Phi) is 2.90. The highest BCUT2D eigenvalue weighted by Gasteiger charge is 2.33. The van der Waals surface area contributed by atoms with E-state index < -0.39 is 0 Å². The van der Waals surface area contributed by atoms with Gasteiger partial charge in [-0.15, -0.1) is 11.3 Å². The average Bonchev–Trinajstić information content (AvgIpc) is 2.46. The Bertz CT molecular complexity index is 395. The molecule has 0 aliphatic heterocycles. The molecule has 0 amide bonds. The van der Waals surface area contributed by atoms with E-state index in [1.807, 2.05) is 0 Å². The molecule has 0 atom stereocenters. The summed E-state index contributed by atoms with van der Waals surface area (Å²) in [5.41, 5.74) is 1.12. The highest BCUT2D eigenvalue weighted by Crippen LogP contribution is 2.37. The van der Waals surface area contributed by atoms with Crippen molar-refractivity contribution in [1.29, 1.82) is 0 Å². The molecule has 0 bridgehead atoms. The Morgan fingerprint density at radius 3 is 2.87 bits per heavy atom. The molecule has 0 aromatic carbocycles. The first-order valence-electron chi connectivity index (χ1n) is 5.02. The number of carbonyl (C=O) groups is 1. The molecule has 0 radical (unpaired) electrons. The van der Waals surface area contributed by atoms with Crippen molar-refractivity contribution in [2.75, 3.05) is 6.26 Å². The molecular formula is C11H15NOS2. The largest absolute Gasteiger partial charge is 0.293 e. The summed E-state index contributed by atoms with van der Waals surface area (Å²) in [6.07, 6.45) is 3.67. The topological polar surface area (TPSA) is 30.0 Å². The average molecular weight is 241 g/mol. The van der Waals surface area contributed by atoms with E-state index >= 15 is 0 Å². The van der Waals surface area contributed by atoms with E-state index in [0.29, 0.717) is 6.42 Å². The van der Waals surface area contributed by atoms with Gasteiger partial charge in [0, 0.05) is 12.2 Å². The van der Waals surface area contributed by atoms with E-state index in [9.17, 15) is 4.79 Å². The predicted octanol–water partition coefficient (Wildman–Crippen LogP) is 3.16. The van der Waals surface area contributed by atoms with Gasteiger partial charge in [0.2, 0.25) is 0 Å². The SMILES string of the molecule is CSCc1nc2c(s1)C(=O)CC(C)(C)C2. The maximum Gasteiger partial charge on any atom is 0.175 e. The molecule has 0 N–H and O–H groups in total. The van der Waals surface area contributed by atoms with Gasteiger partial charge in [-0.1, -0.05) is 13.8 Å². The number of rotatable bonds is 2. The van der Waals surface area contributed by atoms with Gasteiger partial charge in [0.1, 0.15) is 5.01 Å². The summed E-state index contributed by atoms with van der Waals surface area (Å²) < 4.78 is 0. The van der Waals surface area contributed by atoms with Crippen LogP contribution in [0.1, 0.15) is 40.6 Å². The Hall–Kier alpha value is -0.350. The lowest BCUT2D eigenvalue weighted by molar-refractivity contribution is 0.0916. The fourth-order valence-electron chi connectivity index (χ4n) is 1.95. The fraction of sp³-hybridized carbons (Fsp3) is 0.636. The van der Waals surface area contributed by atoms with Gasteiger partial charge < -0.3 is 0 Å². The molecule has 1 aromatic heterocycles. The predicted molar refractivity (Wildman–Crippen MR) is 65.8 cm³/mol. The zero-order chi connectivity index (χ0) is 11.1. The normalized spacial score (nSPS) is 19.0. The van der Waals surface area contributed by atoms with Crippen LogP contribution in [0, 0.1) is 5.41 Å². The minimum atomic E-state index is 0.0920. The van der Waals surface area contributed by atoms with E-state index in [-0.39, 0.29) is 11.2 Å². The number of nitrogens with zero attached hydrogens (tertiary/aromatic N) is 1. The summed E-state index contributed by atoms with van der Waals surface area (Å²) >= 11 is 3.34.